The summed E-state index contributed by atoms with van der Waals surface area (Å²) in [5, 5.41) is 8.17. The SMILES string of the molecule is Nc1nccc2[nH]nc(-c3ccc(Oc4ccccc4)cc3)c12. The summed E-state index contributed by atoms with van der Waals surface area (Å²) >= 11 is 0. The Bertz CT molecular complexity index is 946. The Kier molecular flexibility index (Phi) is 3.16. The van der Waals surface area contributed by atoms with Crippen molar-refractivity contribution in [2.45, 2.75) is 0 Å². The molecule has 2 aromatic heterocycles. The Hall–Kier alpha value is -3.34. The van der Waals surface area contributed by atoms with E-state index in [1.165, 1.54) is 0 Å². The minimum Gasteiger partial charge on any atom is -0.457 e. The Morgan fingerprint density at radius 2 is 1.61 bits per heavy atom. The van der Waals surface area contributed by atoms with Crippen molar-refractivity contribution in [1.29, 1.82) is 0 Å². The third-order valence-electron chi connectivity index (χ3n) is 3.61. The van der Waals surface area contributed by atoms with Gasteiger partial charge in [0.1, 0.15) is 23.0 Å². The maximum Gasteiger partial charge on any atom is 0.135 e. The van der Waals surface area contributed by atoms with Crippen LogP contribution in [0.5, 0.6) is 11.5 Å². The normalized spacial score (nSPS) is 10.8. The summed E-state index contributed by atoms with van der Waals surface area (Å²) in [6.07, 6.45) is 1.66. The van der Waals surface area contributed by atoms with E-state index < -0.39 is 0 Å². The lowest BCUT2D eigenvalue weighted by Gasteiger charge is -2.06. The number of hydrogen-bond donors (Lipinski definition) is 2. The number of anilines is 1. The fourth-order valence-electron chi connectivity index (χ4n) is 2.51. The number of nitrogens with two attached hydrogens (primary N) is 1. The number of nitrogens with zero attached hydrogens (tertiary/aromatic N) is 2. The Morgan fingerprint density at radius 3 is 2.39 bits per heavy atom. The average Bonchev–Trinajstić information content (AvgIpc) is 3.02. The second-order valence-corrected chi connectivity index (χ2v) is 5.13. The number of aromatic amines is 1. The van der Waals surface area contributed by atoms with Crippen molar-refractivity contribution in [1.82, 2.24) is 15.2 Å². The van der Waals surface area contributed by atoms with E-state index in [-0.39, 0.29) is 0 Å². The molecule has 2 heterocycles. The van der Waals surface area contributed by atoms with Gasteiger partial charge < -0.3 is 10.5 Å². The minimum atomic E-state index is 0.468. The molecule has 4 aromatic rings. The molecular weight excluding hydrogens is 288 g/mol. The smallest absolute Gasteiger partial charge is 0.135 e. The average molecular weight is 302 g/mol. The number of nitrogens with one attached hydrogen (secondary N) is 1. The van der Waals surface area contributed by atoms with Crippen LogP contribution in [0.4, 0.5) is 5.82 Å². The number of H-pyrrole nitrogens is 1. The summed E-state index contributed by atoms with van der Waals surface area (Å²) < 4.78 is 5.80. The van der Waals surface area contributed by atoms with E-state index in [9.17, 15) is 0 Å². The number of hydrogen-bond acceptors (Lipinski definition) is 4. The predicted molar refractivity (Wildman–Crippen MR) is 90.3 cm³/mol. The Morgan fingerprint density at radius 1 is 0.870 bits per heavy atom. The lowest BCUT2D eigenvalue weighted by molar-refractivity contribution is 0.483. The number of para-hydroxylation sites is 1. The quantitative estimate of drug-likeness (QED) is 0.599. The summed E-state index contributed by atoms with van der Waals surface area (Å²) in [5.41, 5.74) is 8.59. The number of benzene rings is 2. The summed E-state index contributed by atoms with van der Waals surface area (Å²) in [6, 6.07) is 19.3. The molecule has 0 amide bonds. The van der Waals surface area contributed by atoms with Crippen LogP contribution in [-0.4, -0.2) is 15.2 Å². The highest BCUT2D eigenvalue weighted by atomic mass is 16.5. The molecule has 0 fully saturated rings. The van der Waals surface area contributed by atoms with Crippen LogP contribution in [0.15, 0.2) is 66.9 Å². The van der Waals surface area contributed by atoms with Crippen molar-refractivity contribution < 1.29 is 4.74 Å². The van der Waals surface area contributed by atoms with Crippen LogP contribution in [0.1, 0.15) is 0 Å². The van der Waals surface area contributed by atoms with Crippen molar-refractivity contribution in [3.05, 3.63) is 66.9 Å². The molecule has 5 heteroatoms. The molecule has 4 rings (SSSR count). The minimum absolute atomic E-state index is 0.468. The molecule has 0 atom stereocenters. The van der Waals surface area contributed by atoms with Gasteiger partial charge in [0.2, 0.25) is 0 Å². The van der Waals surface area contributed by atoms with Gasteiger partial charge in [-0.15, -0.1) is 0 Å². The van der Waals surface area contributed by atoms with Gasteiger partial charge in [0.25, 0.3) is 0 Å². The molecule has 3 N–H and O–H groups in total. The lowest BCUT2D eigenvalue weighted by Crippen LogP contribution is -1.90. The fraction of sp³-hybridized carbons (Fsp3) is 0. The summed E-state index contributed by atoms with van der Waals surface area (Å²) in [4.78, 5) is 4.13. The van der Waals surface area contributed by atoms with Gasteiger partial charge in [-0.3, -0.25) is 5.10 Å². The summed E-state index contributed by atoms with van der Waals surface area (Å²) in [6.45, 7) is 0. The van der Waals surface area contributed by atoms with E-state index in [1.54, 1.807) is 6.20 Å². The molecule has 23 heavy (non-hydrogen) atoms. The van der Waals surface area contributed by atoms with Gasteiger partial charge in [-0.2, -0.15) is 5.10 Å². The van der Waals surface area contributed by atoms with Crippen LogP contribution >= 0.6 is 0 Å². The van der Waals surface area contributed by atoms with Crippen LogP contribution in [0.2, 0.25) is 0 Å². The van der Waals surface area contributed by atoms with E-state index in [0.29, 0.717) is 5.82 Å². The molecule has 5 nitrogen and oxygen atoms in total. The second kappa shape index (κ2) is 5.46. The Balaban J connectivity index is 1.67. The maximum absolute atomic E-state index is 5.98. The highest BCUT2D eigenvalue weighted by Gasteiger charge is 2.11. The number of nitrogen functional groups attached to an aromatic ring is 1. The van der Waals surface area contributed by atoms with Gasteiger partial charge in [0.05, 0.1) is 10.9 Å². The first kappa shape index (κ1) is 13.3. The molecule has 0 spiro atoms. The number of ether oxygens (including phenoxy) is 1. The second-order valence-electron chi connectivity index (χ2n) is 5.13. The zero-order valence-corrected chi connectivity index (χ0v) is 12.2. The number of aromatic nitrogens is 3. The lowest BCUT2D eigenvalue weighted by atomic mass is 10.1. The largest absolute Gasteiger partial charge is 0.457 e. The van der Waals surface area contributed by atoms with Crippen LogP contribution in [-0.2, 0) is 0 Å². The van der Waals surface area contributed by atoms with Gasteiger partial charge >= 0.3 is 0 Å². The molecular formula is C18H14N4O. The fourth-order valence-corrected chi connectivity index (χ4v) is 2.51. The third-order valence-corrected chi connectivity index (χ3v) is 3.61. The zero-order chi connectivity index (χ0) is 15.6. The van der Waals surface area contributed by atoms with Crippen LogP contribution in [0.3, 0.4) is 0 Å². The Labute approximate surface area is 132 Å². The van der Waals surface area contributed by atoms with Crippen molar-refractivity contribution in [2.24, 2.45) is 0 Å². The zero-order valence-electron chi connectivity index (χ0n) is 12.2. The molecule has 0 radical (unpaired) electrons. The van der Waals surface area contributed by atoms with Gasteiger partial charge in [-0.25, -0.2) is 4.98 Å². The number of pyridine rings is 1. The van der Waals surface area contributed by atoms with Gasteiger partial charge in [0.15, 0.2) is 0 Å². The number of fused-ring (bicyclic) bond motifs is 1. The third kappa shape index (κ3) is 2.48. The molecule has 0 saturated heterocycles. The molecule has 0 aliphatic heterocycles. The first-order valence-electron chi connectivity index (χ1n) is 7.23. The van der Waals surface area contributed by atoms with Gasteiger partial charge in [0, 0.05) is 11.8 Å². The molecule has 0 unspecified atom stereocenters. The van der Waals surface area contributed by atoms with Crippen molar-refractivity contribution in [2.75, 3.05) is 5.73 Å². The predicted octanol–water partition coefficient (Wildman–Crippen LogP) is 4.00. The first-order chi connectivity index (χ1) is 11.3. The summed E-state index contributed by atoms with van der Waals surface area (Å²) in [5.74, 6) is 2.04. The molecule has 0 saturated carbocycles. The molecule has 112 valence electrons. The van der Waals surface area contributed by atoms with Crippen LogP contribution in [0, 0.1) is 0 Å². The highest BCUT2D eigenvalue weighted by molar-refractivity contribution is 5.99. The number of rotatable bonds is 3. The maximum atomic E-state index is 5.98. The van der Waals surface area contributed by atoms with Crippen molar-refractivity contribution in [3.63, 3.8) is 0 Å². The van der Waals surface area contributed by atoms with E-state index >= 15 is 0 Å². The first-order valence-corrected chi connectivity index (χ1v) is 7.23. The molecule has 0 aliphatic carbocycles. The van der Waals surface area contributed by atoms with Crippen molar-refractivity contribution in [3.8, 4) is 22.8 Å². The molecule has 0 bridgehead atoms. The monoisotopic (exact) mass is 302 g/mol. The van der Waals surface area contributed by atoms with Gasteiger partial charge in [-0.1, -0.05) is 18.2 Å². The van der Waals surface area contributed by atoms with E-state index in [1.807, 2.05) is 60.7 Å². The molecule has 2 aromatic carbocycles. The summed E-state index contributed by atoms with van der Waals surface area (Å²) in [7, 11) is 0. The molecule has 0 aliphatic rings. The van der Waals surface area contributed by atoms with E-state index in [4.69, 9.17) is 10.5 Å². The highest BCUT2D eigenvalue weighted by Crippen LogP contribution is 2.31. The van der Waals surface area contributed by atoms with Crippen LogP contribution in [0.25, 0.3) is 22.2 Å². The topological polar surface area (TPSA) is 76.8 Å². The van der Waals surface area contributed by atoms with Crippen LogP contribution < -0.4 is 10.5 Å². The van der Waals surface area contributed by atoms with Crippen molar-refractivity contribution >= 4 is 16.7 Å². The standard InChI is InChI=1S/C18H14N4O/c19-18-16-15(10-11-20-18)21-22-17(16)12-6-8-14(9-7-12)23-13-4-2-1-3-5-13/h1-11H,(H2,19,20)(H,21,22). The van der Waals surface area contributed by atoms with Gasteiger partial charge in [-0.05, 0) is 42.5 Å². The van der Waals surface area contributed by atoms with E-state index in [2.05, 4.69) is 15.2 Å². The van der Waals surface area contributed by atoms with E-state index in [0.717, 1.165) is 33.7 Å².